The van der Waals surface area contributed by atoms with Gasteiger partial charge in [0, 0.05) is 10.8 Å². The maximum Gasteiger partial charge on any atom is 0.315 e. The first-order valence-corrected chi connectivity index (χ1v) is 4.58. The molecule has 5 nitrogen and oxygen atoms in total. The lowest BCUT2D eigenvalue weighted by atomic mass is 9.94. The predicted octanol–water partition coefficient (Wildman–Crippen LogP) is 0.280. The van der Waals surface area contributed by atoms with Crippen LogP contribution >= 0.6 is 0 Å². The second-order valence-electron chi connectivity index (χ2n) is 3.26. The van der Waals surface area contributed by atoms with E-state index < -0.39 is 5.92 Å². The molecule has 5 heteroatoms. The molecule has 0 amide bonds. The predicted molar refractivity (Wildman–Crippen MR) is 50.0 cm³/mol. The molecule has 0 saturated carbocycles. The van der Waals surface area contributed by atoms with E-state index in [1.807, 2.05) is 6.08 Å². The summed E-state index contributed by atoms with van der Waals surface area (Å²) in [7, 11) is 1.34. The molecule has 0 aromatic carbocycles. The third kappa shape index (κ3) is 1.56. The lowest BCUT2D eigenvalue weighted by Crippen LogP contribution is -2.37. The molecular formula is C10H11N2O3+. The van der Waals surface area contributed by atoms with Crippen LogP contribution < -0.4 is 4.73 Å². The summed E-state index contributed by atoms with van der Waals surface area (Å²) in [5, 5.41) is 9.50. The maximum absolute atomic E-state index is 11.5. The number of aromatic nitrogens is 2. The molecule has 15 heavy (non-hydrogen) atoms. The molecule has 1 aromatic rings. The van der Waals surface area contributed by atoms with E-state index in [4.69, 9.17) is 0 Å². The Kier molecular flexibility index (Phi) is 2.37. The number of fused-ring (bicyclic) bond motifs is 1. The Balaban J connectivity index is 2.48. The van der Waals surface area contributed by atoms with Gasteiger partial charge in [-0.2, -0.15) is 0 Å². The van der Waals surface area contributed by atoms with Crippen molar-refractivity contribution in [3.05, 3.63) is 29.9 Å². The molecule has 1 aromatic heterocycles. The maximum atomic E-state index is 11.5. The van der Waals surface area contributed by atoms with Gasteiger partial charge in [0.15, 0.2) is 0 Å². The van der Waals surface area contributed by atoms with Crippen molar-refractivity contribution in [3.63, 3.8) is 0 Å². The molecule has 1 aliphatic carbocycles. The summed E-state index contributed by atoms with van der Waals surface area (Å²) in [6, 6.07) is 0. The van der Waals surface area contributed by atoms with Crippen LogP contribution in [0.25, 0.3) is 6.08 Å². The standard InChI is InChI=1S/C10H11N2O3/c1-15-10(13)7-3-2-4-8-9(7)11-5-6-12(8)14/h2,4-7H,3H2,1H3,(H,11,14)/q+1. The third-order valence-electron chi connectivity index (χ3n) is 2.39. The van der Waals surface area contributed by atoms with Gasteiger partial charge in [-0.25, -0.2) is 4.98 Å². The molecule has 1 heterocycles. The number of carbonyl (C=O) groups excluding carboxylic acids is 1. The average Bonchev–Trinajstić information content (AvgIpc) is 2.28. The number of methoxy groups -OCH3 is 1. The molecule has 1 unspecified atom stereocenters. The second kappa shape index (κ2) is 3.68. The number of nitrogens with zero attached hydrogens (tertiary/aromatic N) is 2. The molecule has 1 N–H and O–H groups in total. The summed E-state index contributed by atoms with van der Waals surface area (Å²) in [5.74, 6) is -0.756. The second-order valence-corrected chi connectivity index (χ2v) is 3.26. The van der Waals surface area contributed by atoms with Crippen LogP contribution in [-0.4, -0.2) is 23.3 Å². The van der Waals surface area contributed by atoms with E-state index >= 15 is 0 Å². The fourth-order valence-electron chi connectivity index (χ4n) is 1.65. The zero-order chi connectivity index (χ0) is 10.8. The van der Waals surface area contributed by atoms with E-state index in [9.17, 15) is 10.0 Å². The number of hydrogen-bond donors (Lipinski definition) is 1. The number of hydrogen-bond acceptors (Lipinski definition) is 4. The van der Waals surface area contributed by atoms with Gasteiger partial charge in [-0.05, 0) is 6.42 Å². The first kappa shape index (κ1) is 9.64. The monoisotopic (exact) mass is 207 g/mol. The lowest BCUT2D eigenvalue weighted by molar-refractivity contribution is -0.906. The molecule has 0 radical (unpaired) electrons. The van der Waals surface area contributed by atoms with Gasteiger partial charge in [0.1, 0.15) is 11.6 Å². The van der Waals surface area contributed by atoms with Crippen molar-refractivity contribution in [3.8, 4) is 0 Å². The topological polar surface area (TPSA) is 63.3 Å². The first-order chi connectivity index (χ1) is 7.24. The first-order valence-electron chi connectivity index (χ1n) is 4.58. The summed E-state index contributed by atoms with van der Waals surface area (Å²) < 4.78 is 5.64. The number of allylic oxidation sites excluding steroid dienone is 1. The average molecular weight is 207 g/mol. The van der Waals surface area contributed by atoms with Crippen molar-refractivity contribution in [2.24, 2.45) is 0 Å². The molecular weight excluding hydrogens is 196 g/mol. The minimum atomic E-state index is -0.422. The quantitative estimate of drug-likeness (QED) is 0.408. The van der Waals surface area contributed by atoms with E-state index in [1.165, 1.54) is 19.5 Å². The van der Waals surface area contributed by atoms with Gasteiger partial charge in [0.25, 0.3) is 5.69 Å². The van der Waals surface area contributed by atoms with Crippen molar-refractivity contribution in [1.29, 1.82) is 0 Å². The summed E-state index contributed by atoms with van der Waals surface area (Å²) >= 11 is 0. The van der Waals surface area contributed by atoms with Crippen LogP contribution in [-0.2, 0) is 9.53 Å². The minimum absolute atomic E-state index is 0.334. The molecule has 0 aliphatic heterocycles. The van der Waals surface area contributed by atoms with Crippen molar-refractivity contribution in [2.75, 3.05) is 7.11 Å². The lowest BCUT2D eigenvalue weighted by Gasteiger charge is -2.14. The Morgan fingerprint density at radius 3 is 3.27 bits per heavy atom. The van der Waals surface area contributed by atoms with Crippen molar-refractivity contribution in [1.82, 2.24) is 4.98 Å². The van der Waals surface area contributed by atoms with Crippen molar-refractivity contribution in [2.45, 2.75) is 12.3 Å². The van der Waals surface area contributed by atoms with Gasteiger partial charge in [0.05, 0.1) is 13.3 Å². The molecule has 0 bridgehead atoms. The Bertz CT molecular complexity index is 429. The Morgan fingerprint density at radius 2 is 2.53 bits per heavy atom. The highest BCUT2D eigenvalue weighted by Crippen LogP contribution is 2.26. The van der Waals surface area contributed by atoms with E-state index in [-0.39, 0.29) is 5.97 Å². The van der Waals surface area contributed by atoms with E-state index in [0.29, 0.717) is 17.8 Å². The molecule has 0 spiro atoms. The Morgan fingerprint density at radius 1 is 1.73 bits per heavy atom. The van der Waals surface area contributed by atoms with Crippen LogP contribution in [0.3, 0.4) is 0 Å². The van der Waals surface area contributed by atoms with E-state index in [2.05, 4.69) is 9.72 Å². The van der Waals surface area contributed by atoms with Gasteiger partial charge in [-0.15, -0.1) is 0 Å². The number of ether oxygens (including phenoxy) is 1. The van der Waals surface area contributed by atoms with Crippen molar-refractivity contribution < 1.29 is 19.5 Å². The van der Waals surface area contributed by atoms with Crippen LogP contribution in [0.5, 0.6) is 0 Å². The molecule has 1 atom stereocenters. The zero-order valence-electron chi connectivity index (χ0n) is 8.25. The van der Waals surface area contributed by atoms with Crippen LogP contribution in [0, 0.1) is 0 Å². The highest BCUT2D eigenvalue weighted by molar-refractivity contribution is 5.79. The summed E-state index contributed by atoms with van der Waals surface area (Å²) in [6.07, 6.45) is 6.98. The van der Waals surface area contributed by atoms with Gasteiger partial charge >= 0.3 is 5.97 Å². The van der Waals surface area contributed by atoms with Gasteiger partial charge in [-0.1, -0.05) is 6.08 Å². The Labute approximate surface area is 86.6 Å². The molecule has 1 aliphatic rings. The van der Waals surface area contributed by atoms with Crippen LogP contribution in [0.4, 0.5) is 0 Å². The Hall–Kier alpha value is -1.91. The molecule has 2 rings (SSSR count). The third-order valence-corrected chi connectivity index (χ3v) is 2.39. The summed E-state index contributed by atoms with van der Waals surface area (Å²) in [6.45, 7) is 0. The molecule has 0 saturated heterocycles. The normalized spacial score (nSPS) is 18.3. The van der Waals surface area contributed by atoms with Crippen LogP contribution in [0.2, 0.25) is 0 Å². The smallest absolute Gasteiger partial charge is 0.315 e. The SMILES string of the molecule is COC(=O)C1CC=Cc2c1ncc[n+]2O. The molecule has 78 valence electrons. The van der Waals surface area contributed by atoms with Crippen molar-refractivity contribution >= 4 is 12.0 Å². The van der Waals surface area contributed by atoms with Gasteiger partial charge in [-0.3, -0.25) is 10.0 Å². The highest BCUT2D eigenvalue weighted by Gasteiger charge is 2.31. The number of esters is 1. The fraction of sp³-hybridized carbons (Fsp3) is 0.300. The number of rotatable bonds is 1. The summed E-state index contributed by atoms with van der Waals surface area (Å²) in [4.78, 5) is 15.6. The highest BCUT2D eigenvalue weighted by atomic mass is 16.5. The minimum Gasteiger partial charge on any atom is -0.468 e. The molecule has 0 fully saturated rings. The van der Waals surface area contributed by atoms with Crippen LogP contribution in [0.1, 0.15) is 23.7 Å². The van der Waals surface area contributed by atoms with Gasteiger partial charge < -0.3 is 4.74 Å². The van der Waals surface area contributed by atoms with E-state index in [1.54, 1.807) is 6.08 Å². The van der Waals surface area contributed by atoms with Crippen LogP contribution in [0.15, 0.2) is 18.5 Å². The van der Waals surface area contributed by atoms with E-state index in [0.717, 1.165) is 4.73 Å². The van der Waals surface area contributed by atoms with Gasteiger partial charge in [0.2, 0.25) is 6.20 Å². The number of carbonyl (C=O) groups is 1. The fourth-order valence-corrected chi connectivity index (χ4v) is 1.65. The largest absolute Gasteiger partial charge is 0.468 e. The zero-order valence-corrected chi connectivity index (χ0v) is 8.25. The summed E-state index contributed by atoms with van der Waals surface area (Å²) in [5.41, 5.74) is 1.08.